The molecule has 1 heterocycles. The fourth-order valence-corrected chi connectivity index (χ4v) is 2.35. The molecule has 102 valence electrons. The highest BCUT2D eigenvalue weighted by Gasteiger charge is 2.24. The highest BCUT2D eigenvalue weighted by molar-refractivity contribution is 9.09. The third-order valence-electron chi connectivity index (χ3n) is 2.85. The number of hydrogen-bond acceptors (Lipinski definition) is 5. The number of alkyl halides is 1. The van der Waals surface area contributed by atoms with Gasteiger partial charge < -0.3 is 10.2 Å². The topological polar surface area (TPSA) is 112 Å². The first-order valence-corrected chi connectivity index (χ1v) is 6.72. The van der Waals surface area contributed by atoms with Gasteiger partial charge in [0, 0.05) is 16.8 Å². The molecule has 0 saturated carbocycles. The van der Waals surface area contributed by atoms with E-state index in [4.69, 9.17) is 0 Å². The van der Waals surface area contributed by atoms with Crippen LogP contribution in [0.1, 0.15) is 18.2 Å². The Morgan fingerprint density at radius 2 is 2.21 bits per heavy atom. The molecule has 2 unspecified atom stereocenters. The van der Waals surface area contributed by atoms with Gasteiger partial charge >= 0.3 is 0 Å². The van der Waals surface area contributed by atoms with Crippen molar-refractivity contribution in [3.63, 3.8) is 0 Å². The average Bonchev–Trinajstić information content (AvgIpc) is 2.81. The Balaban J connectivity index is 2.46. The summed E-state index contributed by atoms with van der Waals surface area (Å²) in [6, 6.07) is 4.47. The second-order valence-electron chi connectivity index (χ2n) is 4.06. The molecule has 2 rings (SSSR count). The number of hydrogen-bond donors (Lipinski definition) is 3. The van der Waals surface area contributed by atoms with Crippen molar-refractivity contribution in [2.75, 3.05) is 5.33 Å². The quantitative estimate of drug-likeness (QED) is 0.438. The zero-order chi connectivity index (χ0) is 14.0. The normalized spacial score (nSPS) is 14.5. The van der Waals surface area contributed by atoms with Gasteiger partial charge in [-0.3, -0.25) is 15.2 Å². The van der Waals surface area contributed by atoms with E-state index in [9.17, 15) is 20.3 Å². The second kappa shape index (κ2) is 5.64. The lowest BCUT2D eigenvalue weighted by Crippen LogP contribution is -2.19. The number of aliphatic hydroxyl groups is 2. The molecule has 0 spiro atoms. The van der Waals surface area contributed by atoms with Gasteiger partial charge in [-0.25, -0.2) is 0 Å². The third kappa shape index (κ3) is 2.60. The number of fused-ring (bicyclic) bond motifs is 1. The molecule has 0 fully saturated rings. The van der Waals surface area contributed by atoms with Gasteiger partial charge in [-0.05, 0) is 6.42 Å². The van der Waals surface area contributed by atoms with E-state index >= 15 is 0 Å². The molecule has 0 amide bonds. The minimum Gasteiger partial charge on any atom is -0.390 e. The largest absolute Gasteiger partial charge is 0.390 e. The third-order valence-corrected chi connectivity index (χ3v) is 3.31. The highest BCUT2D eigenvalue weighted by Crippen LogP contribution is 2.30. The van der Waals surface area contributed by atoms with E-state index in [2.05, 4.69) is 26.1 Å². The number of halogens is 1. The molecular formula is C11H12BrN3O4. The summed E-state index contributed by atoms with van der Waals surface area (Å²) >= 11 is 3.18. The molecule has 2 aromatic rings. The van der Waals surface area contributed by atoms with Crippen molar-refractivity contribution in [3.05, 3.63) is 34.0 Å². The molecule has 0 bridgehead atoms. The summed E-state index contributed by atoms with van der Waals surface area (Å²) in [5, 5.41) is 38.1. The Bertz CT molecular complexity index is 601. The summed E-state index contributed by atoms with van der Waals surface area (Å²) in [5.41, 5.74) is 0.321. The smallest absolute Gasteiger partial charge is 0.297 e. The van der Waals surface area contributed by atoms with E-state index in [0.29, 0.717) is 17.1 Å². The van der Waals surface area contributed by atoms with E-state index in [-0.39, 0.29) is 16.9 Å². The minimum absolute atomic E-state index is 0.137. The summed E-state index contributed by atoms with van der Waals surface area (Å²) in [7, 11) is 0. The Morgan fingerprint density at radius 1 is 1.47 bits per heavy atom. The van der Waals surface area contributed by atoms with Crippen molar-refractivity contribution < 1.29 is 15.1 Å². The number of aromatic amines is 1. The van der Waals surface area contributed by atoms with Crippen molar-refractivity contribution >= 4 is 32.5 Å². The fraction of sp³-hybridized carbons (Fsp3) is 0.364. The zero-order valence-corrected chi connectivity index (χ0v) is 11.4. The summed E-state index contributed by atoms with van der Waals surface area (Å²) in [6.45, 7) is 0. The lowest BCUT2D eigenvalue weighted by molar-refractivity contribution is -0.383. The molecule has 0 saturated heterocycles. The number of para-hydroxylation sites is 1. The Morgan fingerprint density at radius 3 is 2.84 bits per heavy atom. The lowest BCUT2D eigenvalue weighted by atomic mass is 10.0. The first-order valence-electron chi connectivity index (χ1n) is 5.59. The monoisotopic (exact) mass is 329 g/mol. The lowest BCUT2D eigenvalue weighted by Gasteiger charge is -2.15. The fourth-order valence-electron chi connectivity index (χ4n) is 1.88. The van der Waals surface area contributed by atoms with Gasteiger partial charge in [-0.2, -0.15) is 5.10 Å². The number of H-pyrrole nitrogens is 1. The molecular weight excluding hydrogens is 318 g/mol. The van der Waals surface area contributed by atoms with Crippen LogP contribution in [-0.2, 0) is 0 Å². The molecule has 7 nitrogen and oxygen atoms in total. The Hall–Kier alpha value is -1.51. The van der Waals surface area contributed by atoms with Crippen LogP contribution in [-0.4, -0.2) is 36.8 Å². The van der Waals surface area contributed by atoms with Crippen LogP contribution in [0.15, 0.2) is 18.2 Å². The van der Waals surface area contributed by atoms with Gasteiger partial charge in [0.15, 0.2) is 5.52 Å². The van der Waals surface area contributed by atoms with Crippen molar-refractivity contribution in [2.45, 2.75) is 18.6 Å². The summed E-state index contributed by atoms with van der Waals surface area (Å²) in [6.07, 6.45) is -1.77. The van der Waals surface area contributed by atoms with E-state index in [1.54, 1.807) is 6.07 Å². The summed E-state index contributed by atoms with van der Waals surface area (Å²) in [4.78, 5) is 10.3. The molecule has 2 atom stereocenters. The van der Waals surface area contributed by atoms with Crippen LogP contribution in [0.2, 0.25) is 0 Å². The van der Waals surface area contributed by atoms with E-state index in [0.717, 1.165) is 0 Å². The van der Waals surface area contributed by atoms with E-state index < -0.39 is 17.1 Å². The second-order valence-corrected chi connectivity index (χ2v) is 4.85. The number of nitro groups is 1. The number of aliphatic hydroxyl groups excluding tert-OH is 2. The maximum atomic E-state index is 10.9. The van der Waals surface area contributed by atoms with Crippen molar-refractivity contribution in [3.8, 4) is 0 Å². The molecule has 3 N–H and O–H groups in total. The molecule has 0 aliphatic carbocycles. The number of nitro benzene ring substituents is 1. The summed E-state index contributed by atoms with van der Waals surface area (Å²) in [5.74, 6) is 0. The maximum Gasteiger partial charge on any atom is 0.297 e. The van der Waals surface area contributed by atoms with Gasteiger partial charge in [-0.1, -0.05) is 28.1 Å². The molecule has 0 aliphatic heterocycles. The molecule has 1 aromatic carbocycles. The summed E-state index contributed by atoms with van der Waals surface area (Å²) < 4.78 is 0. The van der Waals surface area contributed by atoms with Crippen molar-refractivity contribution in [1.29, 1.82) is 0 Å². The highest BCUT2D eigenvalue weighted by atomic mass is 79.9. The van der Waals surface area contributed by atoms with Crippen LogP contribution in [0.3, 0.4) is 0 Å². The minimum atomic E-state index is -1.16. The number of non-ortho nitro benzene ring substituents is 1. The zero-order valence-electron chi connectivity index (χ0n) is 9.78. The van der Waals surface area contributed by atoms with Crippen LogP contribution in [0, 0.1) is 10.1 Å². The first-order chi connectivity index (χ1) is 9.06. The first kappa shape index (κ1) is 13.9. The van der Waals surface area contributed by atoms with Crippen molar-refractivity contribution in [2.24, 2.45) is 0 Å². The molecule has 8 heteroatoms. The van der Waals surface area contributed by atoms with Crippen LogP contribution < -0.4 is 0 Å². The van der Waals surface area contributed by atoms with Crippen LogP contribution >= 0.6 is 15.9 Å². The standard InChI is InChI=1S/C11H12BrN3O4/c12-5-4-8(16)11(17)10-6-2-1-3-7(15(18)19)9(6)13-14-10/h1-3,8,11,16-17H,4-5H2,(H,13,14). The van der Waals surface area contributed by atoms with Crippen LogP contribution in [0.4, 0.5) is 5.69 Å². The van der Waals surface area contributed by atoms with E-state index in [1.165, 1.54) is 12.1 Å². The predicted molar refractivity (Wildman–Crippen MR) is 72.1 cm³/mol. The molecule has 0 aliphatic rings. The van der Waals surface area contributed by atoms with Crippen LogP contribution in [0.5, 0.6) is 0 Å². The van der Waals surface area contributed by atoms with Gasteiger partial charge in [0.05, 0.1) is 16.7 Å². The Labute approximate surface area is 116 Å². The number of aromatic nitrogens is 2. The van der Waals surface area contributed by atoms with E-state index in [1.807, 2.05) is 0 Å². The van der Waals surface area contributed by atoms with Crippen LogP contribution in [0.25, 0.3) is 10.9 Å². The number of rotatable bonds is 5. The van der Waals surface area contributed by atoms with Gasteiger partial charge in [-0.15, -0.1) is 0 Å². The number of benzene rings is 1. The van der Waals surface area contributed by atoms with Gasteiger partial charge in [0.2, 0.25) is 0 Å². The number of nitrogens with one attached hydrogen (secondary N) is 1. The Kier molecular flexibility index (Phi) is 4.13. The number of nitrogens with zero attached hydrogens (tertiary/aromatic N) is 2. The molecule has 1 aromatic heterocycles. The maximum absolute atomic E-state index is 10.9. The van der Waals surface area contributed by atoms with Crippen molar-refractivity contribution in [1.82, 2.24) is 10.2 Å². The molecule has 0 radical (unpaired) electrons. The SMILES string of the molecule is O=[N+]([O-])c1cccc2c(C(O)C(O)CCBr)[nH]nc12. The predicted octanol–water partition coefficient (Wildman–Crippen LogP) is 1.65. The van der Waals surface area contributed by atoms with Gasteiger partial charge in [0.1, 0.15) is 6.10 Å². The van der Waals surface area contributed by atoms with Gasteiger partial charge in [0.25, 0.3) is 5.69 Å². The average molecular weight is 330 g/mol. The molecule has 19 heavy (non-hydrogen) atoms.